The Balaban J connectivity index is 0.000000316. The van der Waals surface area contributed by atoms with E-state index in [4.69, 9.17) is 23.2 Å². The van der Waals surface area contributed by atoms with Gasteiger partial charge in [-0.1, -0.05) is 107 Å². The summed E-state index contributed by atoms with van der Waals surface area (Å²) in [5.41, 5.74) is 1.73. The van der Waals surface area contributed by atoms with Crippen LogP contribution in [-0.4, -0.2) is 69.2 Å². The molecule has 0 amide bonds. The van der Waals surface area contributed by atoms with E-state index in [9.17, 15) is 29.1 Å². The van der Waals surface area contributed by atoms with Crippen molar-refractivity contribution in [3.05, 3.63) is 110 Å². The number of carbonyl (C=O) groups excluding carboxylic acids is 1. The number of hydrogen-bond donors (Lipinski definition) is 1. The maximum absolute atomic E-state index is 13.0. The number of benzene rings is 2. The van der Waals surface area contributed by atoms with Crippen molar-refractivity contribution in [1.82, 2.24) is 37.4 Å². The molecule has 0 radical (unpaired) electrons. The van der Waals surface area contributed by atoms with Crippen LogP contribution in [0, 0.1) is 0 Å². The van der Waals surface area contributed by atoms with Gasteiger partial charge in [-0.25, -0.2) is 19.6 Å². The Morgan fingerprint density at radius 1 is 0.719 bits per heavy atom. The van der Waals surface area contributed by atoms with E-state index in [1.54, 1.807) is 14.1 Å². The first kappa shape index (κ1) is 54.9. The lowest BCUT2D eigenvalue weighted by molar-refractivity contribution is -0.120. The topological polar surface area (TPSA) is 161 Å². The van der Waals surface area contributed by atoms with Crippen LogP contribution < -0.4 is 22.5 Å². The van der Waals surface area contributed by atoms with E-state index in [2.05, 4.69) is 41.8 Å². The Kier molecular flexibility index (Phi) is 20.1. The van der Waals surface area contributed by atoms with Gasteiger partial charge in [-0.15, -0.1) is 23.2 Å². The number of ketones is 1. The van der Waals surface area contributed by atoms with Gasteiger partial charge >= 0.3 is 11.4 Å². The molecule has 0 saturated heterocycles. The summed E-state index contributed by atoms with van der Waals surface area (Å²) >= 11 is 19.3. The number of imidazole rings is 2. The Morgan fingerprint density at radius 3 is 1.50 bits per heavy atom. The third-order valence-corrected chi connectivity index (χ3v) is 13.8. The molecule has 4 heterocycles. The molecule has 1 unspecified atom stereocenters. The van der Waals surface area contributed by atoms with Crippen LogP contribution in [0.15, 0.2) is 87.0 Å². The summed E-state index contributed by atoms with van der Waals surface area (Å²) in [6.45, 7) is 12.5. The number of aromatic nitrogens is 8. The van der Waals surface area contributed by atoms with Crippen LogP contribution in [0.4, 0.5) is 0 Å². The molecule has 0 bridgehead atoms. The van der Waals surface area contributed by atoms with Gasteiger partial charge in [0.1, 0.15) is 5.78 Å². The molecule has 6 aromatic rings. The molecule has 0 fully saturated rings. The molecule has 64 heavy (non-hydrogen) atoms. The maximum atomic E-state index is 13.0. The highest BCUT2D eigenvalue weighted by atomic mass is 79.9. The van der Waals surface area contributed by atoms with Crippen LogP contribution >= 0.6 is 78.6 Å². The summed E-state index contributed by atoms with van der Waals surface area (Å²) in [6.07, 6.45) is 2.26. The highest BCUT2D eigenvalue weighted by Gasteiger charge is 2.33. The molecule has 0 aliphatic carbocycles. The molecular formula is C44H58Br2Cl2N8O6S2. The molecule has 0 aliphatic heterocycles. The largest absolute Gasteiger partial charge is 0.392 e. The van der Waals surface area contributed by atoms with Crippen LogP contribution in [0.3, 0.4) is 0 Å². The SMILES string of the molecule is C.CCCC(=O)C(C)(C)Sc1nc2c(c(=O)n(C)c(=O)n2C)n1Cc1cccc(Br)c1.CCCC(O)C(C)(C)Sc1nc2c(c(=O)n(C)c(=O)n2C)n1Cc1cccc(Br)c1.ClCCl. The number of alkyl halides is 2. The predicted molar refractivity (Wildman–Crippen MR) is 271 cm³/mol. The molecule has 0 saturated carbocycles. The van der Waals surface area contributed by atoms with Crippen molar-refractivity contribution >= 4 is 107 Å². The number of halogens is 4. The number of rotatable bonds is 14. The Hall–Kier alpha value is -3.39. The second-order valence-electron chi connectivity index (χ2n) is 15.9. The van der Waals surface area contributed by atoms with Gasteiger partial charge in [0.25, 0.3) is 11.1 Å². The molecule has 0 spiro atoms. The lowest BCUT2D eigenvalue weighted by Gasteiger charge is -2.29. The first-order valence-corrected chi connectivity index (χ1v) is 24.4. The minimum atomic E-state index is -0.712. The monoisotopic (exact) mass is 1090 g/mol. The van der Waals surface area contributed by atoms with E-state index in [-0.39, 0.29) is 24.1 Å². The Bertz CT molecular complexity index is 2850. The van der Waals surface area contributed by atoms with Gasteiger partial charge in [0.05, 0.1) is 29.3 Å². The molecule has 20 heteroatoms. The highest BCUT2D eigenvalue weighted by molar-refractivity contribution is 9.10. The molecule has 4 aromatic heterocycles. The fraction of sp³-hybridized carbons (Fsp3) is 0.477. The summed E-state index contributed by atoms with van der Waals surface area (Å²) in [7, 11) is 6.15. The first-order valence-electron chi connectivity index (χ1n) is 20.1. The number of nitrogens with zero attached hydrogens (tertiary/aromatic N) is 8. The van der Waals surface area contributed by atoms with Crippen molar-refractivity contribution in [3.63, 3.8) is 0 Å². The molecule has 6 rings (SSSR count). The minimum Gasteiger partial charge on any atom is -0.392 e. The van der Waals surface area contributed by atoms with Crippen molar-refractivity contribution in [3.8, 4) is 0 Å². The van der Waals surface area contributed by atoms with Gasteiger partial charge in [-0.2, -0.15) is 0 Å². The molecule has 2 aromatic carbocycles. The highest BCUT2D eigenvalue weighted by Crippen LogP contribution is 2.38. The second kappa shape index (κ2) is 23.4. The quantitative estimate of drug-likeness (QED) is 0.0825. The zero-order valence-corrected chi connectivity index (χ0v) is 43.4. The zero-order chi connectivity index (χ0) is 47.1. The zero-order valence-electron chi connectivity index (χ0n) is 37.0. The van der Waals surface area contributed by atoms with Crippen molar-refractivity contribution < 1.29 is 9.90 Å². The molecule has 14 nitrogen and oxygen atoms in total. The predicted octanol–water partition coefficient (Wildman–Crippen LogP) is 8.82. The number of aliphatic hydroxyl groups is 1. The number of hydrogen-bond acceptors (Lipinski definition) is 10. The third kappa shape index (κ3) is 12.5. The summed E-state index contributed by atoms with van der Waals surface area (Å²) in [5.74, 6) is 0.123. The van der Waals surface area contributed by atoms with E-state index in [1.807, 2.05) is 99.2 Å². The lowest BCUT2D eigenvalue weighted by Crippen LogP contribution is -2.37. The van der Waals surface area contributed by atoms with Crippen LogP contribution in [-0.2, 0) is 46.1 Å². The molecule has 350 valence electrons. The van der Waals surface area contributed by atoms with Crippen molar-refractivity contribution in [2.45, 2.75) is 114 Å². The lowest BCUT2D eigenvalue weighted by atomic mass is 10.0. The van der Waals surface area contributed by atoms with E-state index in [0.29, 0.717) is 58.6 Å². The van der Waals surface area contributed by atoms with Gasteiger partial charge < -0.3 is 14.2 Å². The first-order chi connectivity index (χ1) is 29.5. The molecule has 0 aliphatic rings. The normalized spacial score (nSPS) is 12.0. The van der Waals surface area contributed by atoms with Gasteiger partial charge in [0.15, 0.2) is 32.6 Å². The maximum Gasteiger partial charge on any atom is 0.332 e. The average Bonchev–Trinajstić information content (AvgIpc) is 3.75. The van der Waals surface area contributed by atoms with Crippen LogP contribution in [0.5, 0.6) is 0 Å². The van der Waals surface area contributed by atoms with E-state index in [0.717, 1.165) is 42.0 Å². The van der Waals surface area contributed by atoms with E-state index in [1.165, 1.54) is 46.8 Å². The third-order valence-electron chi connectivity index (χ3n) is 10.3. The number of carbonyl (C=O) groups is 1. The number of aryl methyl sites for hydroxylation is 2. The second-order valence-corrected chi connectivity index (χ2v) is 21.7. The molecular weight excluding hydrogens is 1030 g/mol. The van der Waals surface area contributed by atoms with Crippen molar-refractivity contribution in [1.29, 1.82) is 0 Å². The van der Waals surface area contributed by atoms with Gasteiger partial charge in [0, 0.05) is 48.3 Å². The number of thioether (sulfide) groups is 2. The van der Waals surface area contributed by atoms with E-state index >= 15 is 0 Å². The fourth-order valence-corrected chi connectivity index (χ4v) is 9.76. The molecule has 1 N–H and O–H groups in total. The standard InChI is InChI=1S/C21H27BrN4O3S.C21H25BrN4O3S.CH2Cl2.CH4/c2*1-6-8-15(27)21(2,3)30-19-23-17-16(18(28)25(5)20(29)24(17)4)26(19)12-13-9-7-10-14(22)11-13;2-1-3;/h7,9-11,15,27H,6,8,12H2,1-5H3;7,9-11H,6,8,12H2,1-5H3;1H2;1H4. The van der Waals surface area contributed by atoms with Crippen LogP contribution in [0.2, 0.25) is 0 Å². The number of Topliss-reactive ketones (excluding diaryl/α,β-unsaturated/α-hetero) is 1. The number of aliphatic hydroxyl groups excluding tert-OH is 1. The van der Waals surface area contributed by atoms with Crippen LogP contribution in [0.25, 0.3) is 22.3 Å². The summed E-state index contributed by atoms with van der Waals surface area (Å²) in [4.78, 5) is 72.8. The van der Waals surface area contributed by atoms with Crippen molar-refractivity contribution in [2.75, 3.05) is 5.34 Å². The number of fused-ring (bicyclic) bond motifs is 2. The summed E-state index contributed by atoms with van der Waals surface area (Å²) in [6, 6.07) is 15.6. The Labute approximate surface area is 408 Å². The average molecular weight is 1090 g/mol. The van der Waals surface area contributed by atoms with E-state index < -0.39 is 32.5 Å². The summed E-state index contributed by atoms with van der Waals surface area (Å²) < 4.78 is 9.26. The van der Waals surface area contributed by atoms with Crippen molar-refractivity contribution in [2.24, 2.45) is 28.2 Å². The molecule has 1 atom stereocenters. The summed E-state index contributed by atoms with van der Waals surface area (Å²) in [5, 5.41) is 12.0. The smallest absolute Gasteiger partial charge is 0.332 e. The Morgan fingerprint density at radius 2 is 1.12 bits per heavy atom. The minimum absolute atomic E-state index is 0. The van der Waals surface area contributed by atoms with Gasteiger partial charge in [-0.05, 0) is 75.9 Å². The van der Waals surface area contributed by atoms with Gasteiger partial charge in [0.2, 0.25) is 0 Å². The van der Waals surface area contributed by atoms with Crippen LogP contribution in [0.1, 0.15) is 85.8 Å². The van der Waals surface area contributed by atoms with Gasteiger partial charge in [-0.3, -0.25) is 32.7 Å². The fourth-order valence-electron chi connectivity index (χ4n) is 6.68.